The fourth-order valence-electron chi connectivity index (χ4n) is 3.92. The maximum absolute atomic E-state index is 15.1. The van der Waals surface area contributed by atoms with Gasteiger partial charge in [-0.2, -0.15) is 0 Å². The fourth-order valence-corrected chi connectivity index (χ4v) is 4.15. The van der Waals surface area contributed by atoms with Crippen molar-refractivity contribution in [3.8, 4) is 11.1 Å². The van der Waals surface area contributed by atoms with Gasteiger partial charge in [-0.15, -0.1) is 0 Å². The Morgan fingerprint density at radius 1 is 1.41 bits per heavy atom. The molecule has 137 valence electrons. The van der Waals surface area contributed by atoms with Gasteiger partial charge >= 0.3 is 0 Å². The SMILES string of the molecule is [CH2]c1cc(F)c(-c2cccc3c2CCN(C(=O)C=C)C3)c2c(Cl)c(C)[nH]c12. The lowest BCUT2D eigenvalue weighted by atomic mass is 9.88. The Labute approximate surface area is 162 Å². The van der Waals surface area contributed by atoms with Gasteiger partial charge in [0, 0.05) is 29.7 Å². The van der Waals surface area contributed by atoms with Crippen LogP contribution in [0.25, 0.3) is 22.0 Å². The maximum atomic E-state index is 15.1. The van der Waals surface area contributed by atoms with Crippen molar-refractivity contribution in [1.82, 2.24) is 9.88 Å². The van der Waals surface area contributed by atoms with Crippen molar-refractivity contribution in [3.05, 3.63) is 77.1 Å². The van der Waals surface area contributed by atoms with Gasteiger partial charge in [-0.05, 0) is 54.7 Å². The number of hydrogen-bond donors (Lipinski definition) is 1. The number of aromatic amines is 1. The second kappa shape index (κ2) is 6.54. The third kappa shape index (κ3) is 2.76. The molecule has 1 radical (unpaired) electrons. The molecule has 0 saturated carbocycles. The van der Waals surface area contributed by atoms with Crippen LogP contribution in [0.3, 0.4) is 0 Å². The number of fused-ring (bicyclic) bond motifs is 2. The highest BCUT2D eigenvalue weighted by Crippen LogP contribution is 2.41. The molecule has 0 saturated heterocycles. The van der Waals surface area contributed by atoms with Crippen LogP contribution in [-0.2, 0) is 17.8 Å². The van der Waals surface area contributed by atoms with Crippen molar-refractivity contribution >= 4 is 28.4 Å². The summed E-state index contributed by atoms with van der Waals surface area (Å²) in [6.07, 6.45) is 1.98. The molecule has 3 aromatic rings. The first-order valence-corrected chi connectivity index (χ1v) is 9.15. The zero-order chi connectivity index (χ0) is 19.3. The Balaban J connectivity index is 1.94. The van der Waals surface area contributed by atoms with E-state index in [9.17, 15) is 4.79 Å². The van der Waals surface area contributed by atoms with Gasteiger partial charge in [-0.25, -0.2) is 4.39 Å². The van der Waals surface area contributed by atoms with Crippen molar-refractivity contribution in [2.24, 2.45) is 0 Å². The van der Waals surface area contributed by atoms with Gasteiger partial charge in [-0.1, -0.05) is 36.4 Å². The van der Waals surface area contributed by atoms with Crippen LogP contribution in [0.1, 0.15) is 22.4 Å². The van der Waals surface area contributed by atoms with Crippen LogP contribution in [0.4, 0.5) is 4.39 Å². The average Bonchev–Trinajstić information content (AvgIpc) is 2.96. The number of nitrogens with one attached hydrogen (secondary N) is 1. The summed E-state index contributed by atoms with van der Waals surface area (Å²) in [6.45, 7) is 10.4. The summed E-state index contributed by atoms with van der Waals surface area (Å²) in [5, 5.41) is 1.18. The summed E-state index contributed by atoms with van der Waals surface area (Å²) in [5.74, 6) is -0.434. The predicted octanol–water partition coefficient (Wildman–Crippen LogP) is 5.19. The molecule has 3 nitrogen and oxygen atoms in total. The van der Waals surface area contributed by atoms with Crippen LogP contribution >= 0.6 is 11.6 Å². The Morgan fingerprint density at radius 2 is 2.19 bits per heavy atom. The number of aryl methyl sites for hydroxylation is 1. The third-order valence-corrected chi connectivity index (χ3v) is 5.72. The average molecular weight is 382 g/mol. The van der Waals surface area contributed by atoms with Gasteiger partial charge in [0.15, 0.2) is 0 Å². The molecule has 1 amide bonds. The zero-order valence-corrected chi connectivity index (χ0v) is 15.8. The first-order valence-electron chi connectivity index (χ1n) is 8.77. The highest BCUT2D eigenvalue weighted by molar-refractivity contribution is 6.37. The Hall–Kier alpha value is -2.59. The van der Waals surface area contributed by atoms with E-state index < -0.39 is 0 Å². The molecule has 2 aromatic carbocycles. The minimum absolute atomic E-state index is 0.0923. The van der Waals surface area contributed by atoms with Gasteiger partial charge in [0.05, 0.1) is 10.5 Å². The number of carbonyl (C=O) groups is 1. The van der Waals surface area contributed by atoms with E-state index in [0.717, 1.165) is 27.9 Å². The molecule has 1 N–H and O–H groups in total. The van der Waals surface area contributed by atoms with E-state index in [1.54, 1.807) is 4.90 Å². The van der Waals surface area contributed by atoms with E-state index in [-0.39, 0.29) is 11.7 Å². The number of H-pyrrole nitrogens is 1. The van der Waals surface area contributed by atoms with Crippen LogP contribution in [0, 0.1) is 19.7 Å². The number of amides is 1. The number of benzene rings is 2. The number of carbonyl (C=O) groups excluding carboxylic acids is 1. The van der Waals surface area contributed by atoms with Crippen molar-refractivity contribution < 1.29 is 9.18 Å². The van der Waals surface area contributed by atoms with Gasteiger partial charge in [0.25, 0.3) is 0 Å². The number of nitrogens with zero attached hydrogens (tertiary/aromatic N) is 1. The lowest BCUT2D eigenvalue weighted by molar-refractivity contribution is -0.126. The van der Waals surface area contributed by atoms with Crippen LogP contribution in [-0.4, -0.2) is 22.3 Å². The lowest BCUT2D eigenvalue weighted by Gasteiger charge is -2.29. The first-order chi connectivity index (χ1) is 12.9. The Morgan fingerprint density at radius 3 is 2.93 bits per heavy atom. The highest BCUT2D eigenvalue weighted by atomic mass is 35.5. The Bertz CT molecular complexity index is 1100. The van der Waals surface area contributed by atoms with E-state index in [1.165, 1.54) is 12.1 Å². The van der Waals surface area contributed by atoms with Crippen LogP contribution in [0.2, 0.25) is 5.02 Å². The van der Waals surface area contributed by atoms with Gasteiger partial charge < -0.3 is 9.88 Å². The monoisotopic (exact) mass is 381 g/mol. The second-order valence-corrected chi connectivity index (χ2v) is 7.24. The zero-order valence-electron chi connectivity index (χ0n) is 15.0. The summed E-state index contributed by atoms with van der Waals surface area (Å²) in [4.78, 5) is 16.9. The van der Waals surface area contributed by atoms with Gasteiger partial charge in [0.1, 0.15) is 5.82 Å². The van der Waals surface area contributed by atoms with Crippen molar-refractivity contribution in [3.63, 3.8) is 0 Å². The minimum Gasteiger partial charge on any atom is -0.357 e. The molecule has 0 unspecified atom stereocenters. The maximum Gasteiger partial charge on any atom is 0.246 e. The van der Waals surface area contributed by atoms with E-state index in [2.05, 4.69) is 18.5 Å². The molecule has 0 atom stereocenters. The van der Waals surface area contributed by atoms with Crippen molar-refractivity contribution in [2.75, 3.05) is 6.54 Å². The fraction of sp³-hybridized carbons (Fsp3) is 0.182. The predicted molar refractivity (Wildman–Crippen MR) is 107 cm³/mol. The number of rotatable bonds is 2. The van der Waals surface area contributed by atoms with E-state index in [1.807, 2.05) is 25.1 Å². The lowest BCUT2D eigenvalue weighted by Crippen LogP contribution is -2.34. The van der Waals surface area contributed by atoms with Crippen molar-refractivity contribution in [2.45, 2.75) is 19.9 Å². The molecule has 0 aliphatic carbocycles. The van der Waals surface area contributed by atoms with Gasteiger partial charge in [0.2, 0.25) is 5.91 Å². The smallest absolute Gasteiger partial charge is 0.246 e. The van der Waals surface area contributed by atoms with Crippen LogP contribution in [0.15, 0.2) is 36.9 Å². The molecule has 1 aliphatic heterocycles. The standard InChI is InChI=1S/C22H19ClFN2O/c1-4-18(27)26-9-8-15-14(11-26)6-5-7-16(15)19-17(24)10-12(2)22-20(19)21(23)13(3)25-22/h4-7,10,25H,1-2,8-9,11H2,3H3. The molecule has 5 heteroatoms. The summed E-state index contributed by atoms with van der Waals surface area (Å²) >= 11 is 6.52. The minimum atomic E-state index is -0.341. The molecular formula is C22H19ClFN2O. The van der Waals surface area contributed by atoms with Gasteiger partial charge in [-0.3, -0.25) is 4.79 Å². The molecule has 0 fully saturated rings. The summed E-state index contributed by atoms with van der Waals surface area (Å²) < 4.78 is 15.1. The molecule has 4 rings (SSSR count). The summed E-state index contributed by atoms with van der Waals surface area (Å²) in [7, 11) is 0. The molecule has 1 aliphatic rings. The molecule has 2 heterocycles. The van der Waals surface area contributed by atoms with E-state index in [4.69, 9.17) is 11.6 Å². The Kier molecular flexibility index (Phi) is 4.31. The highest BCUT2D eigenvalue weighted by Gasteiger charge is 2.25. The third-order valence-electron chi connectivity index (χ3n) is 5.24. The second-order valence-electron chi connectivity index (χ2n) is 6.86. The quantitative estimate of drug-likeness (QED) is 0.609. The van der Waals surface area contributed by atoms with Crippen molar-refractivity contribution in [1.29, 1.82) is 0 Å². The summed E-state index contributed by atoms with van der Waals surface area (Å²) in [6, 6.07) is 7.24. The van der Waals surface area contributed by atoms with Crippen LogP contribution in [0.5, 0.6) is 0 Å². The molecule has 1 aromatic heterocycles. The van der Waals surface area contributed by atoms with E-state index >= 15 is 4.39 Å². The topological polar surface area (TPSA) is 36.1 Å². The first kappa shape index (κ1) is 17.8. The summed E-state index contributed by atoms with van der Waals surface area (Å²) in [5.41, 5.74) is 5.50. The normalized spacial score (nSPS) is 13.7. The van der Waals surface area contributed by atoms with E-state index in [0.29, 0.717) is 41.0 Å². The largest absolute Gasteiger partial charge is 0.357 e. The van der Waals surface area contributed by atoms with Crippen LogP contribution < -0.4 is 0 Å². The number of halogens is 2. The molecular weight excluding hydrogens is 363 g/mol. The number of aromatic nitrogens is 1. The molecule has 0 spiro atoms. The molecule has 27 heavy (non-hydrogen) atoms. The molecule has 0 bridgehead atoms. The number of hydrogen-bond acceptors (Lipinski definition) is 1.